The number of aromatic nitrogens is 2. The summed E-state index contributed by atoms with van der Waals surface area (Å²) in [5, 5.41) is 10.4. The molecule has 1 aromatic heterocycles. The van der Waals surface area contributed by atoms with Crippen molar-refractivity contribution in [3.8, 4) is 11.4 Å². The molecule has 2 N–H and O–H groups in total. The number of carbonyl (C=O) groups is 2. The molecule has 7 nitrogen and oxygen atoms in total. The highest BCUT2D eigenvalue weighted by Crippen LogP contribution is 2.30. The molecular formula is C22H30N4O3. The Morgan fingerprint density at radius 1 is 1.17 bits per heavy atom. The third-order valence-corrected chi connectivity index (χ3v) is 5.45. The summed E-state index contributed by atoms with van der Waals surface area (Å²) >= 11 is 0. The number of rotatable bonds is 8. The lowest BCUT2D eigenvalue weighted by atomic mass is 9.80. The Morgan fingerprint density at radius 2 is 1.90 bits per heavy atom. The number of carbonyl (C=O) groups excluding carboxylic acids is 2. The fourth-order valence-corrected chi connectivity index (χ4v) is 3.77. The Labute approximate surface area is 171 Å². The van der Waals surface area contributed by atoms with Gasteiger partial charge in [0.1, 0.15) is 5.54 Å². The van der Waals surface area contributed by atoms with Crippen LogP contribution in [-0.4, -0.2) is 40.8 Å². The van der Waals surface area contributed by atoms with E-state index in [-0.39, 0.29) is 17.5 Å². The van der Waals surface area contributed by atoms with Crippen LogP contribution in [0.25, 0.3) is 5.69 Å². The largest absolute Gasteiger partial charge is 0.493 e. The SMILES string of the molecule is CCCCNC(=O)C1(NC(=O)c2nn(-c3ccccc3)cc2OC)CCCCC1. The van der Waals surface area contributed by atoms with Gasteiger partial charge < -0.3 is 15.4 Å². The third kappa shape index (κ3) is 4.78. The number of benzene rings is 1. The molecule has 1 aromatic carbocycles. The highest BCUT2D eigenvalue weighted by molar-refractivity contribution is 5.99. The van der Waals surface area contributed by atoms with Crippen molar-refractivity contribution < 1.29 is 14.3 Å². The van der Waals surface area contributed by atoms with Crippen molar-refractivity contribution in [2.45, 2.75) is 57.4 Å². The van der Waals surface area contributed by atoms with Crippen LogP contribution in [0.1, 0.15) is 62.4 Å². The summed E-state index contributed by atoms with van der Waals surface area (Å²) in [6.45, 7) is 2.71. The molecule has 0 unspecified atom stereocenters. The van der Waals surface area contributed by atoms with Gasteiger partial charge in [-0.15, -0.1) is 0 Å². The average molecular weight is 399 g/mol. The van der Waals surface area contributed by atoms with Crippen LogP contribution in [0, 0.1) is 0 Å². The fraction of sp³-hybridized carbons (Fsp3) is 0.500. The first-order valence-corrected chi connectivity index (χ1v) is 10.4. The zero-order valence-corrected chi connectivity index (χ0v) is 17.2. The van der Waals surface area contributed by atoms with Crippen molar-refractivity contribution >= 4 is 11.8 Å². The second-order valence-electron chi connectivity index (χ2n) is 7.53. The van der Waals surface area contributed by atoms with Crippen molar-refractivity contribution in [1.82, 2.24) is 20.4 Å². The Balaban J connectivity index is 1.82. The predicted molar refractivity (Wildman–Crippen MR) is 111 cm³/mol. The summed E-state index contributed by atoms with van der Waals surface area (Å²) in [7, 11) is 1.51. The third-order valence-electron chi connectivity index (χ3n) is 5.45. The molecule has 0 atom stereocenters. The number of nitrogens with zero attached hydrogens (tertiary/aromatic N) is 2. The molecule has 1 aliphatic carbocycles. The van der Waals surface area contributed by atoms with Crippen LogP contribution in [0.4, 0.5) is 0 Å². The van der Waals surface area contributed by atoms with Gasteiger partial charge >= 0.3 is 0 Å². The van der Waals surface area contributed by atoms with E-state index in [1.165, 1.54) is 7.11 Å². The molecule has 0 bridgehead atoms. The maximum absolute atomic E-state index is 13.1. The van der Waals surface area contributed by atoms with Gasteiger partial charge in [-0.3, -0.25) is 9.59 Å². The number of unbranched alkanes of at least 4 members (excludes halogenated alkanes) is 1. The minimum atomic E-state index is -0.884. The maximum Gasteiger partial charge on any atom is 0.276 e. The number of methoxy groups -OCH3 is 1. The second-order valence-corrected chi connectivity index (χ2v) is 7.53. The van der Waals surface area contributed by atoms with Crippen molar-refractivity contribution in [3.63, 3.8) is 0 Å². The summed E-state index contributed by atoms with van der Waals surface area (Å²) in [6.07, 6.45) is 7.79. The summed E-state index contributed by atoms with van der Waals surface area (Å²) in [6, 6.07) is 9.53. The van der Waals surface area contributed by atoms with Crippen LogP contribution in [0.5, 0.6) is 5.75 Å². The number of para-hydroxylation sites is 1. The number of nitrogens with one attached hydrogen (secondary N) is 2. The van der Waals surface area contributed by atoms with E-state index in [1.54, 1.807) is 10.9 Å². The van der Waals surface area contributed by atoms with Crippen LogP contribution in [0.15, 0.2) is 36.5 Å². The first-order valence-electron chi connectivity index (χ1n) is 10.4. The second kappa shape index (κ2) is 9.58. The maximum atomic E-state index is 13.1. The molecule has 2 amide bonds. The molecule has 7 heteroatoms. The molecule has 2 aromatic rings. The summed E-state index contributed by atoms with van der Waals surface area (Å²) in [5.74, 6) is -0.103. The van der Waals surface area contributed by atoms with Crippen LogP contribution < -0.4 is 15.4 Å². The topological polar surface area (TPSA) is 85.3 Å². The van der Waals surface area contributed by atoms with E-state index in [1.807, 2.05) is 30.3 Å². The van der Waals surface area contributed by atoms with Gasteiger partial charge in [-0.2, -0.15) is 5.10 Å². The van der Waals surface area contributed by atoms with Gasteiger partial charge in [-0.05, 0) is 31.4 Å². The van der Waals surface area contributed by atoms with Crippen LogP contribution >= 0.6 is 0 Å². The minimum Gasteiger partial charge on any atom is -0.493 e. The molecular weight excluding hydrogens is 368 g/mol. The highest BCUT2D eigenvalue weighted by atomic mass is 16.5. The Bertz CT molecular complexity index is 826. The summed E-state index contributed by atoms with van der Waals surface area (Å²) < 4.78 is 7.00. The molecule has 3 rings (SSSR count). The number of hydrogen-bond donors (Lipinski definition) is 2. The molecule has 29 heavy (non-hydrogen) atoms. The van der Waals surface area contributed by atoms with Crippen LogP contribution in [-0.2, 0) is 4.79 Å². The van der Waals surface area contributed by atoms with Gasteiger partial charge in [0.2, 0.25) is 5.91 Å². The lowest BCUT2D eigenvalue weighted by Crippen LogP contribution is -2.59. The Kier molecular flexibility index (Phi) is 6.90. The van der Waals surface area contributed by atoms with E-state index in [0.29, 0.717) is 25.1 Å². The van der Waals surface area contributed by atoms with Gasteiger partial charge in [0.05, 0.1) is 19.0 Å². The van der Waals surface area contributed by atoms with Crippen LogP contribution in [0.2, 0.25) is 0 Å². The number of ether oxygens (including phenoxy) is 1. The smallest absolute Gasteiger partial charge is 0.276 e. The van der Waals surface area contributed by atoms with E-state index < -0.39 is 5.54 Å². The van der Waals surface area contributed by atoms with Crippen molar-refractivity contribution in [3.05, 3.63) is 42.2 Å². The van der Waals surface area contributed by atoms with E-state index in [0.717, 1.165) is 37.8 Å². The zero-order valence-electron chi connectivity index (χ0n) is 17.2. The molecule has 1 fully saturated rings. The van der Waals surface area contributed by atoms with E-state index in [9.17, 15) is 9.59 Å². The molecule has 0 radical (unpaired) electrons. The molecule has 0 spiro atoms. The summed E-state index contributed by atoms with van der Waals surface area (Å²) in [5.41, 5.74) is 0.127. The molecule has 1 heterocycles. The molecule has 156 valence electrons. The van der Waals surface area contributed by atoms with Gasteiger partial charge in [0, 0.05) is 6.54 Å². The van der Waals surface area contributed by atoms with E-state index in [2.05, 4.69) is 22.7 Å². The minimum absolute atomic E-state index is 0.0968. The molecule has 1 saturated carbocycles. The number of hydrogen-bond acceptors (Lipinski definition) is 4. The van der Waals surface area contributed by atoms with Crippen molar-refractivity contribution in [1.29, 1.82) is 0 Å². The van der Waals surface area contributed by atoms with Gasteiger partial charge in [0.15, 0.2) is 11.4 Å². The monoisotopic (exact) mass is 398 g/mol. The first kappa shape index (κ1) is 20.9. The Morgan fingerprint density at radius 3 is 2.55 bits per heavy atom. The standard InChI is InChI=1S/C22H30N4O3/c1-3-4-15-23-21(28)22(13-9-6-10-14-22)24-20(27)19-18(29-2)16-26(25-19)17-11-7-5-8-12-17/h5,7-8,11-12,16H,3-4,6,9-10,13-15H2,1-2H3,(H,23,28)(H,24,27). The number of amides is 2. The molecule has 0 saturated heterocycles. The first-order chi connectivity index (χ1) is 14.1. The summed E-state index contributed by atoms with van der Waals surface area (Å²) in [4.78, 5) is 26.1. The molecule has 0 aliphatic heterocycles. The highest BCUT2D eigenvalue weighted by Gasteiger charge is 2.41. The van der Waals surface area contributed by atoms with Gasteiger partial charge in [0.25, 0.3) is 5.91 Å². The van der Waals surface area contributed by atoms with Gasteiger partial charge in [-0.25, -0.2) is 4.68 Å². The lowest BCUT2D eigenvalue weighted by molar-refractivity contribution is -0.128. The zero-order chi connectivity index (χ0) is 20.7. The van der Waals surface area contributed by atoms with Crippen molar-refractivity contribution in [2.24, 2.45) is 0 Å². The fourth-order valence-electron chi connectivity index (χ4n) is 3.77. The lowest BCUT2D eigenvalue weighted by Gasteiger charge is -2.36. The normalized spacial score (nSPS) is 15.5. The average Bonchev–Trinajstić information content (AvgIpc) is 3.20. The van der Waals surface area contributed by atoms with E-state index >= 15 is 0 Å². The van der Waals surface area contributed by atoms with E-state index in [4.69, 9.17) is 4.74 Å². The molecule has 1 aliphatic rings. The van der Waals surface area contributed by atoms with Crippen LogP contribution in [0.3, 0.4) is 0 Å². The predicted octanol–water partition coefficient (Wildman–Crippen LogP) is 3.23. The van der Waals surface area contributed by atoms with Crippen molar-refractivity contribution in [2.75, 3.05) is 13.7 Å². The quantitative estimate of drug-likeness (QED) is 0.669. The van der Waals surface area contributed by atoms with Gasteiger partial charge in [-0.1, -0.05) is 50.8 Å². The Hall–Kier alpha value is -2.83.